The first kappa shape index (κ1) is 16.6. The third-order valence-corrected chi connectivity index (χ3v) is 3.86. The van der Waals surface area contributed by atoms with Gasteiger partial charge in [0.05, 0.1) is 0 Å². The van der Waals surface area contributed by atoms with Crippen molar-refractivity contribution in [3.8, 4) is 11.1 Å². The zero-order valence-corrected chi connectivity index (χ0v) is 12.9. The Morgan fingerprint density at radius 3 is 2.05 bits per heavy atom. The van der Waals surface area contributed by atoms with Crippen molar-refractivity contribution in [2.75, 3.05) is 6.61 Å². The van der Waals surface area contributed by atoms with Crippen LogP contribution in [-0.2, 0) is 12.8 Å². The molecule has 0 spiro atoms. The number of unbranched alkanes of at least 4 members (excludes halogenated alkanes) is 2. The Hall–Kier alpha value is -1.74. The molecule has 0 fully saturated rings. The highest BCUT2D eigenvalue weighted by Crippen LogP contribution is 2.25. The molecule has 0 radical (unpaired) electrons. The van der Waals surface area contributed by atoms with Crippen LogP contribution in [0.1, 0.15) is 37.3 Å². The van der Waals surface area contributed by atoms with Crippen LogP contribution in [0.2, 0.25) is 0 Å². The van der Waals surface area contributed by atoms with Gasteiger partial charge in [-0.2, -0.15) is 0 Å². The maximum absolute atomic E-state index is 13.9. The number of rotatable bonds is 7. The molecular formula is C19H22F2O. The van der Waals surface area contributed by atoms with Crippen molar-refractivity contribution in [1.29, 1.82) is 0 Å². The quantitative estimate of drug-likeness (QED) is 0.721. The lowest BCUT2D eigenvalue weighted by atomic mass is 9.99. The maximum Gasteiger partial charge on any atom is 0.130 e. The summed E-state index contributed by atoms with van der Waals surface area (Å²) in [5.41, 5.74) is 2.52. The van der Waals surface area contributed by atoms with Crippen molar-refractivity contribution in [2.24, 2.45) is 0 Å². The number of aliphatic hydroxyl groups excluding tert-OH is 1. The molecule has 0 aromatic heterocycles. The molecule has 2 aromatic rings. The van der Waals surface area contributed by atoms with Crippen molar-refractivity contribution in [3.05, 3.63) is 59.2 Å². The van der Waals surface area contributed by atoms with E-state index in [4.69, 9.17) is 5.11 Å². The van der Waals surface area contributed by atoms with Crippen LogP contribution in [-0.4, -0.2) is 11.7 Å². The van der Waals surface area contributed by atoms with Crippen LogP contribution in [0.3, 0.4) is 0 Å². The lowest BCUT2D eigenvalue weighted by Gasteiger charge is -2.08. The summed E-state index contributed by atoms with van der Waals surface area (Å²) in [6, 6.07) is 10.5. The minimum absolute atomic E-state index is 0.00564. The molecule has 1 nitrogen and oxygen atoms in total. The van der Waals surface area contributed by atoms with Gasteiger partial charge in [-0.15, -0.1) is 0 Å². The van der Waals surface area contributed by atoms with Crippen LogP contribution in [0.25, 0.3) is 11.1 Å². The fourth-order valence-electron chi connectivity index (χ4n) is 2.56. The Labute approximate surface area is 130 Å². The number of aryl methyl sites for hydroxylation is 1. The minimum atomic E-state index is -0.601. The molecule has 22 heavy (non-hydrogen) atoms. The van der Waals surface area contributed by atoms with Gasteiger partial charge in [0.2, 0.25) is 0 Å². The van der Waals surface area contributed by atoms with Crippen LogP contribution in [0, 0.1) is 11.6 Å². The van der Waals surface area contributed by atoms with Gasteiger partial charge in [-0.1, -0.05) is 44.0 Å². The predicted octanol–water partition coefficient (Wildman–Crippen LogP) is 4.90. The summed E-state index contributed by atoms with van der Waals surface area (Å²) in [7, 11) is 0. The van der Waals surface area contributed by atoms with Gasteiger partial charge in [-0.3, -0.25) is 0 Å². The van der Waals surface area contributed by atoms with Crippen LogP contribution in [0.4, 0.5) is 8.78 Å². The lowest BCUT2D eigenvalue weighted by molar-refractivity contribution is 0.295. The molecule has 0 amide bonds. The molecule has 1 N–H and O–H groups in total. The van der Waals surface area contributed by atoms with Crippen molar-refractivity contribution < 1.29 is 13.9 Å². The molecule has 2 aromatic carbocycles. The summed E-state index contributed by atoms with van der Waals surface area (Å²) >= 11 is 0. The molecule has 0 saturated heterocycles. The van der Waals surface area contributed by atoms with E-state index in [0.29, 0.717) is 5.56 Å². The molecule has 0 aliphatic heterocycles. The van der Waals surface area contributed by atoms with Gasteiger partial charge in [0.25, 0.3) is 0 Å². The average molecular weight is 304 g/mol. The summed E-state index contributed by atoms with van der Waals surface area (Å²) in [6.07, 6.45) is 4.59. The third kappa shape index (κ3) is 4.14. The smallest absolute Gasteiger partial charge is 0.130 e. The second kappa shape index (κ2) is 8.04. The SMILES string of the molecule is CCCCCc1ccc(-c2cc(F)c(CCO)c(F)c2)cc1. The molecular weight excluding hydrogens is 282 g/mol. The van der Waals surface area contributed by atoms with Gasteiger partial charge in [0, 0.05) is 18.6 Å². The standard InChI is InChI=1S/C19H22F2O/c1-2-3-4-5-14-6-8-15(9-7-14)16-12-18(20)17(10-11-22)19(21)13-16/h6-9,12-13,22H,2-5,10-11H2,1H3. The second-order valence-electron chi connectivity index (χ2n) is 5.55. The van der Waals surface area contributed by atoms with Gasteiger partial charge < -0.3 is 5.11 Å². The monoisotopic (exact) mass is 304 g/mol. The summed E-state index contributed by atoms with van der Waals surface area (Å²) < 4.78 is 27.8. The highest BCUT2D eigenvalue weighted by atomic mass is 19.1. The van der Waals surface area contributed by atoms with E-state index in [1.54, 1.807) is 0 Å². The highest BCUT2D eigenvalue weighted by molar-refractivity contribution is 5.64. The normalized spacial score (nSPS) is 10.9. The Kier molecular flexibility index (Phi) is 6.08. The second-order valence-corrected chi connectivity index (χ2v) is 5.55. The predicted molar refractivity (Wildman–Crippen MR) is 85.8 cm³/mol. The Balaban J connectivity index is 2.18. The van der Waals surface area contributed by atoms with Crippen LogP contribution in [0.15, 0.2) is 36.4 Å². The van der Waals surface area contributed by atoms with Gasteiger partial charge in [0.1, 0.15) is 11.6 Å². The maximum atomic E-state index is 13.9. The van der Waals surface area contributed by atoms with Crippen LogP contribution >= 0.6 is 0 Å². The topological polar surface area (TPSA) is 20.2 Å². The molecule has 118 valence electrons. The molecule has 0 bridgehead atoms. The first-order chi connectivity index (χ1) is 10.7. The van der Waals surface area contributed by atoms with Gasteiger partial charge in [-0.25, -0.2) is 8.78 Å². The molecule has 0 aliphatic rings. The Morgan fingerprint density at radius 1 is 0.864 bits per heavy atom. The summed E-state index contributed by atoms with van der Waals surface area (Å²) in [6.45, 7) is 1.91. The van der Waals surface area contributed by atoms with Crippen molar-refractivity contribution in [2.45, 2.75) is 39.0 Å². The number of halogens is 2. The number of aliphatic hydroxyl groups is 1. The van der Waals surface area contributed by atoms with Crippen molar-refractivity contribution in [1.82, 2.24) is 0 Å². The summed E-state index contributed by atoms with van der Waals surface area (Å²) in [5.74, 6) is -1.20. The molecule has 0 saturated carbocycles. The molecule has 0 unspecified atom stereocenters. The molecule has 3 heteroatoms. The molecule has 0 aliphatic carbocycles. The fraction of sp³-hybridized carbons (Fsp3) is 0.368. The van der Waals surface area contributed by atoms with E-state index in [-0.39, 0.29) is 18.6 Å². The van der Waals surface area contributed by atoms with Gasteiger partial charge >= 0.3 is 0 Å². The lowest BCUT2D eigenvalue weighted by Crippen LogP contribution is -2.00. The zero-order chi connectivity index (χ0) is 15.9. The number of benzene rings is 2. The Morgan fingerprint density at radius 2 is 1.50 bits per heavy atom. The fourth-order valence-corrected chi connectivity index (χ4v) is 2.56. The van der Waals surface area contributed by atoms with Crippen LogP contribution in [0.5, 0.6) is 0 Å². The van der Waals surface area contributed by atoms with E-state index in [1.165, 1.54) is 30.5 Å². The van der Waals surface area contributed by atoms with Crippen LogP contribution < -0.4 is 0 Å². The van der Waals surface area contributed by atoms with Gasteiger partial charge in [0.15, 0.2) is 0 Å². The summed E-state index contributed by atoms with van der Waals surface area (Å²) in [4.78, 5) is 0. The average Bonchev–Trinajstić information content (AvgIpc) is 2.52. The largest absolute Gasteiger partial charge is 0.396 e. The first-order valence-corrected chi connectivity index (χ1v) is 7.83. The highest BCUT2D eigenvalue weighted by Gasteiger charge is 2.11. The number of hydrogen-bond donors (Lipinski definition) is 1. The van der Waals surface area contributed by atoms with E-state index in [2.05, 4.69) is 6.92 Å². The van der Waals surface area contributed by atoms with E-state index in [9.17, 15) is 8.78 Å². The Bertz CT molecular complexity index is 582. The van der Waals surface area contributed by atoms with E-state index >= 15 is 0 Å². The summed E-state index contributed by atoms with van der Waals surface area (Å²) in [5, 5.41) is 8.84. The van der Waals surface area contributed by atoms with E-state index in [0.717, 1.165) is 18.4 Å². The van der Waals surface area contributed by atoms with Crippen molar-refractivity contribution >= 4 is 0 Å². The first-order valence-electron chi connectivity index (χ1n) is 7.83. The van der Waals surface area contributed by atoms with E-state index < -0.39 is 11.6 Å². The minimum Gasteiger partial charge on any atom is -0.396 e. The zero-order valence-electron chi connectivity index (χ0n) is 12.9. The molecule has 2 rings (SSSR count). The van der Waals surface area contributed by atoms with Gasteiger partial charge in [-0.05, 0) is 41.7 Å². The van der Waals surface area contributed by atoms with E-state index in [1.807, 2.05) is 24.3 Å². The third-order valence-electron chi connectivity index (χ3n) is 3.86. The molecule has 0 atom stereocenters. The molecule has 0 heterocycles. The number of hydrogen-bond acceptors (Lipinski definition) is 1. The van der Waals surface area contributed by atoms with Crippen molar-refractivity contribution in [3.63, 3.8) is 0 Å².